The fourth-order valence-electron chi connectivity index (χ4n) is 3.48. The third-order valence-electron chi connectivity index (χ3n) is 5.20. The van der Waals surface area contributed by atoms with Crippen LogP contribution in [0.3, 0.4) is 0 Å². The van der Waals surface area contributed by atoms with E-state index < -0.39 is 12.1 Å². The summed E-state index contributed by atoms with van der Waals surface area (Å²) in [6, 6.07) is -0.390. The van der Waals surface area contributed by atoms with Gasteiger partial charge in [0.15, 0.2) is 5.69 Å². The molecule has 0 unspecified atom stereocenters. The molecule has 0 saturated carbocycles. The Morgan fingerprint density at radius 1 is 1.22 bits per heavy atom. The molecule has 0 aliphatic carbocycles. The predicted octanol–water partition coefficient (Wildman–Crippen LogP) is 1.44. The summed E-state index contributed by atoms with van der Waals surface area (Å²) >= 11 is 0. The van der Waals surface area contributed by atoms with Crippen LogP contribution in [0.1, 0.15) is 55.5 Å². The third-order valence-corrected chi connectivity index (χ3v) is 5.20. The van der Waals surface area contributed by atoms with Crippen molar-refractivity contribution in [2.45, 2.75) is 45.3 Å². The highest BCUT2D eigenvalue weighted by Crippen LogP contribution is 2.23. The van der Waals surface area contributed by atoms with Crippen molar-refractivity contribution in [1.82, 2.24) is 20.1 Å². The van der Waals surface area contributed by atoms with Crippen LogP contribution in [0.15, 0.2) is 10.7 Å². The molecule has 1 aromatic rings. The summed E-state index contributed by atoms with van der Waals surface area (Å²) in [5, 5.41) is 2.97. The molecular formula is C19H30N4O4. The number of amides is 2. The third kappa shape index (κ3) is 4.87. The topological polar surface area (TPSA) is 87.9 Å². The molecule has 2 fully saturated rings. The summed E-state index contributed by atoms with van der Waals surface area (Å²) in [4.78, 5) is 33.6. The minimum absolute atomic E-state index is 0.0730. The van der Waals surface area contributed by atoms with Crippen molar-refractivity contribution in [2.24, 2.45) is 5.92 Å². The monoisotopic (exact) mass is 378 g/mol. The lowest BCUT2D eigenvalue weighted by atomic mass is 10.0. The van der Waals surface area contributed by atoms with Gasteiger partial charge in [-0.05, 0) is 38.8 Å². The summed E-state index contributed by atoms with van der Waals surface area (Å²) in [6.07, 6.45) is 3.57. The number of nitrogens with zero attached hydrogens (tertiary/aromatic N) is 3. The van der Waals surface area contributed by atoms with E-state index in [0.29, 0.717) is 31.3 Å². The van der Waals surface area contributed by atoms with E-state index in [0.717, 1.165) is 32.4 Å². The average molecular weight is 378 g/mol. The Labute approximate surface area is 160 Å². The van der Waals surface area contributed by atoms with E-state index in [2.05, 4.69) is 22.2 Å². The lowest BCUT2D eigenvalue weighted by Crippen LogP contribution is -2.39. The maximum absolute atomic E-state index is 12.8. The summed E-state index contributed by atoms with van der Waals surface area (Å²) in [7, 11) is 2.06. The van der Waals surface area contributed by atoms with Gasteiger partial charge in [0.2, 0.25) is 11.8 Å². The Kier molecular flexibility index (Phi) is 6.49. The Morgan fingerprint density at radius 3 is 2.74 bits per heavy atom. The van der Waals surface area contributed by atoms with Gasteiger partial charge in [-0.3, -0.25) is 9.59 Å². The predicted molar refractivity (Wildman–Crippen MR) is 99.2 cm³/mol. The summed E-state index contributed by atoms with van der Waals surface area (Å²) in [5.74, 6) is 0.177. The zero-order valence-corrected chi connectivity index (χ0v) is 16.4. The van der Waals surface area contributed by atoms with Crippen LogP contribution in [-0.4, -0.2) is 72.5 Å². The first-order chi connectivity index (χ1) is 13.0. The fourth-order valence-corrected chi connectivity index (χ4v) is 3.48. The molecule has 8 heteroatoms. The molecule has 2 aliphatic rings. The number of nitrogens with one attached hydrogen (secondary N) is 1. The van der Waals surface area contributed by atoms with Gasteiger partial charge in [-0.2, -0.15) is 0 Å². The molecule has 2 saturated heterocycles. The van der Waals surface area contributed by atoms with Crippen molar-refractivity contribution >= 4 is 11.8 Å². The lowest BCUT2D eigenvalue weighted by molar-refractivity contribution is -0.131. The highest BCUT2D eigenvalue weighted by molar-refractivity contribution is 5.92. The molecule has 27 heavy (non-hydrogen) atoms. The highest BCUT2D eigenvalue weighted by Gasteiger charge is 2.30. The fraction of sp³-hybridized carbons (Fsp3) is 0.737. The second kappa shape index (κ2) is 8.84. The van der Waals surface area contributed by atoms with Gasteiger partial charge >= 0.3 is 0 Å². The van der Waals surface area contributed by atoms with Crippen LogP contribution >= 0.6 is 0 Å². The molecule has 3 rings (SSSR count). The Hall–Kier alpha value is -1.93. The van der Waals surface area contributed by atoms with Crippen molar-refractivity contribution in [3.8, 4) is 0 Å². The van der Waals surface area contributed by atoms with E-state index in [1.54, 1.807) is 0 Å². The van der Waals surface area contributed by atoms with Gasteiger partial charge in [0.05, 0.1) is 0 Å². The Morgan fingerprint density at radius 2 is 2.04 bits per heavy atom. The molecule has 2 atom stereocenters. The van der Waals surface area contributed by atoms with Crippen molar-refractivity contribution in [2.75, 3.05) is 39.8 Å². The van der Waals surface area contributed by atoms with E-state index in [1.165, 1.54) is 6.26 Å². The summed E-state index contributed by atoms with van der Waals surface area (Å²) in [6.45, 7) is 7.82. The number of likely N-dealkylation sites (N-methyl/N-ethyl adjacent to an activating group) is 1. The van der Waals surface area contributed by atoms with Gasteiger partial charge in [-0.1, -0.05) is 13.8 Å². The number of rotatable bonds is 5. The van der Waals surface area contributed by atoms with Crippen LogP contribution in [0.5, 0.6) is 0 Å². The standard InChI is InChI=1S/C19H30N4O4/c1-13(2)16(21-17(24)15-6-4-11-26-15)18-20-14(12-27-18)19(25)23-8-5-7-22(3)9-10-23/h12-13,15-16H,4-11H2,1-3H3,(H,21,24)/t15-,16+/m0/s1. The second-order valence-corrected chi connectivity index (χ2v) is 7.75. The molecule has 0 aromatic carbocycles. The molecule has 1 aromatic heterocycles. The highest BCUT2D eigenvalue weighted by atomic mass is 16.5. The molecule has 0 bridgehead atoms. The van der Waals surface area contributed by atoms with Crippen LogP contribution in [0, 0.1) is 5.92 Å². The minimum atomic E-state index is -0.406. The van der Waals surface area contributed by atoms with Gasteiger partial charge < -0.3 is 24.3 Å². The molecule has 1 N–H and O–H groups in total. The zero-order chi connectivity index (χ0) is 19.4. The van der Waals surface area contributed by atoms with E-state index in [4.69, 9.17) is 9.15 Å². The largest absolute Gasteiger partial charge is 0.446 e. The van der Waals surface area contributed by atoms with Gasteiger partial charge in [0.25, 0.3) is 5.91 Å². The molecule has 0 spiro atoms. The van der Waals surface area contributed by atoms with Crippen LogP contribution < -0.4 is 5.32 Å². The molecule has 0 radical (unpaired) electrons. The zero-order valence-electron chi connectivity index (χ0n) is 16.4. The van der Waals surface area contributed by atoms with E-state index >= 15 is 0 Å². The number of oxazole rings is 1. The van der Waals surface area contributed by atoms with Crippen molar-refractivity contribution < 1.29 is 18.7 Å². The smallest absolute Gasteiger partial charge is 0.275 e. The van der Waals surface area contributed by atoms with Crippen LogP contribution in [0.4, 0.5) is 0 Å². The number of carbonyl (C=O) groups is 2. The van der Waals surface area contributed by atoms with E-state index in [1.807, 2.05) is 18.7 Å². The molecular weight excluding hydrogens is 348 g/mol. The maximum atomic E-state index is 12.8. The van der Waals surface area contributed by atoms with Crippen molar-refractivity contribution in [1.29, 1.82) is 0 Å². The number of aromatic nitrogens is 1. The molecule has 150 valence electrons. The summed E-state index contributed by atoms with van der Waals surface area (Å²) in [5.41, 5.74) is 0.298. The molecule has 8 nitrogen and oxygen atoms in total. The number of ether oxygens (including phenoxy) is 1. The van der Waals surface area contributed by atoms with Crippen LogP contribution in [0.25, 0.3) is 0 Å². The number of hydrogen-bond donors (Lipinski definition) is 1. The van der Waals surface area contributed by atoms with Gasteiger partial charge in [0.1, 0.15) is 18.4 Å². The van der Waals surface area contributed by atoms with E-state index in [-0.39, 0.29) is 17.7 Å². The first kappa shape index (κ1) is 19.8. The maximum Gasteiger partial charge on any atom is 0.275 e. The SMILES string of the molecule is CC(C)[C@@H](NC(=O)[C@@H]1CCCO1)c1nc(C(=O)N2CCCN(C)CC2)co1. The normalized spacial score (nSPS) is 22.7. The Bertz CT molecular complexity index is 654. The minimum Gasteiger partial charge on any atom is -0.446 e. The van der Waals surface area contributed by atoms with Crippen LogP contribution in [-0.2, 0) is 9.53 Å². The number of hydrogen-bond acceptors (Lipinski definition) is 6. The molecule has 2 aliphatic heterocycles. The van der Waals surface area contributed by atoms with Gasteiger partial charge in [-0.15, -0.1) is 0 Å². The van der Waals surface area contributed by atoms with E-state index in [9.17, 15) is 9.59 Å². The summed E-state index contributed by atoms with van der Waals surface area (Å²) < 4.78 is 11.0. The molecule has 3 heterocycles. The quantitative estimate of drug-likeness (QED) is 0.834. The Balaban J connectivity index is 1.67. The van der Waals surface area contributed by atoms with Gasteiger partial charge in [0, 0.05) is 26.2 Å². The van der Waals surface area contributed by atoms with Gasteiger partial charge in [-0.25, -0.2) is 4.98 Å². The first-order valence-electron chi connectivity index (χ1n) is 9.81. The number of carbonyl (C=O) groups excluding carboxylic acids is 2. The average Bonchev–Trinajstić information content (AvgIpc) is 3.29. The van der Waals surface area contributed by atoms with Crippen LogP contribution in [0.2, 0.25) is 0 Å². The lowest BCUT2D eigenvalue weighted by Gasteiger charge is -2.21. The second-order valence-electron chi connectivity index (χ2n) is 7.75. The van der Waals surface area contributed by atoms with Crippen molar-refractivity contribution in [3.05, 3.63) is 17.8 Å². The van der Waals surface area contributed by atoms with Crippen molar-refractivity contribution in [3.63, 3.8) is 0 Å². The molecule has 2 amide bonds. The first-order valence-corrected chi connectivity index (χ1v) is 9.81.